The molecule has 30 heavy (non-hydrogen) atoms. The second-order valence-electron chi connectivity index (χ2n) is 8.14. The Labute approximate surface area is 170 Å². The monoisotopic (exact) mass is 417 g/mol. The van der Waals surface area contributed by atoms with Crippen LogP contribution in [0.4, 0.5) is 10.1 Å². The summed E-state index contributed by atoms with van der Waals surface area (Å²) in [6, 6.07) is 0.876. The van der Waals surface area contributed by atoms with Crippen LogP contribution in [-0.4, -0.2) is 54.7 Å². The summed E-state index contributed by atoms with van der Waals surface area (Å²) in [6.45, 7) is 3.87. The number of hydrogen-bond acceptors (Lipinski definition) is 8. The van der Waals surface area contributed by atoms with Gasteiger partial charge in [-0.25, -0.2) is 4.39 Å². The number of piperidine rings is 1. The summed E-state index contributed by atoms with van der Waals surface area (Å²) in [5.74, 6) is -2.31. The second kappa shape index (κ2) is 6.24. The van der Waals surface area contributed by atoms with E-state index in [0.29, 0.717) is 10.9 Å². The molecule has 0 aliphatic carbocycles. The Balaban J connectivity index is 1.79. The van der Waals surface area contributed by atoms with E-state index in [0.717, 1.165) is 0 Å². The Hall–Kier alpha value is -3.01. The first-order chi connectivity index (χ1) is 14.3. The van der Waals surface area contributed by atoms with Crippen LogP contribution in [0, 0.1) is 11.2 Å². The Kier molecular flexibility index (Phi) is 3.95. The first-order valence-corrected chi connectivity index (χ1v) is 9.72. The number of fused-ring (bicyclic) bond motifs is 5. The van der Waals surface area contributed by atoms with Gasteiger partial charge in [-0.15, -0.1) is 0 Å². The number of amides is 2. The van der Waals surface area contributed by atoms with E-state index in [1.807, 2.05) is 6.92 Å². The number of anilines is 1. The molecule has 10 heteroatoms. The molecule has 1 unspecified atom stereocenters. The van der Waals surface area contributed by atoms with E-state index in [1.54, 1.807) is 17.9 Å². The van der Waals surface area contributed by atoms with Crippen molar-refractivity contribution >= 4 is 34.3 Å². The number of methoxy groups -OCH3 is 1. The van der Waals surface area contributed by atoms with Crippen LogP contribution in [0.2, 0.25) is 0 Å². The minimum atomic E-state index is -1.56. The molecule has 2 saturated heterocycles. The average Bonchev–Trinajstić information content (AvgIpc) is 3.08. The van der Waals surface area contributed by atoms with Gasteiger partial charge in [0, 0.05) is 6.54 Å². The maximum absolute atomic E-state index is 15.6. The number of benzene rings is 1. The highest BCUT2D eigenvalue weighted by atomic mass is 19.1. The number of imide groups is 1. The van der Waals surface area contributed by atoms with E-state index < -0.39 is 47.4 Å². The molecule has 1 spiro atoms. The van der Waals surface area contributed by atoms with E-state index in [-0.39, 0.29) is 36.2 Å². The summed E-state index contributed by atoms with van der Waals surface area (Å²) in [5, 5.41) is 6.37. The highest BCUT2D eigenvalue weighted by Gasteiger charge is 2.62. The third-order valence-corrected chi connectivity index (χ3v) is 6.34. The minimum absolute atomic E-state index is 0.0540. The number of ether oxygens (including phenoxy) is 2. The summed E-state index contributed by atoms with van der Waals surface area (Å²) >= 11 is 0. The molecule has 4 heterocycles. The van der Waals surface area contributed by atoms with Crippen LogP contribution in [0.5, 0.6) is 5.88 Å². The lowest BCUT2D eigenvalue weighted by molar-refractivity contribution is -0.158. The van der Waals surface area contributed by atoms with Crippen LogP contribution in [0.25, 0.3) is 11.0 Å². The SMILES string of the molecule is COc1noc2c(F)c3c(cc12)CC1(C(=O)CC(=O)NC1=O)[C@H]1[C@H](C)O[C@H](C)CN31. The van der Waals surface area contributed by atoms with Crippen molar-refractivity contribution in [2.75, 3.05) is 18.6 Å². The number of nitrogens with one attached hydrogen (secondary N) is 1. The summed E-state index contributed by atoms with van der Waals surface area (Å²) < 4.78 is 31.9. The van der Waals surface area contributed by atoms with Crippen LogP contribution in [0.1, 0.15) is 25.8 Å². The quantitative estimate of drug-likeness (QED) is 0.543. The van der Waals surface area contributed by atoms with Crippen LogP contribution in [0.15, 0.2) is 10.6 Å². The largest absolute Gasteiger partial charge is 0.478 e. The van der Waals surface area contributed by atoms with Crippen LogP contribution in [0.3, 0.4) is 0 Å². The number of carbonyl (C=O) groups is 3. The van der Waals surface area contributed by atoms with E-state index in [4.69, 9.17) is 14.0 Å². The smallest absolute Gasteiger partial charge is 0.261 e. The number of carbonyl (C=O) groups excluding carboxylic acids is 3. The Morgan fingerprint density at radius 3 is 2.80 bits per heavy atom. The zero-order valence-electron chi connectivity index (χ0n) is 16.7. The summed E-state index contributed by atoms with van der Waals surface area (Å²) in [7, 11) is 1.39. The topological polar surface area (TPSA) is 111 Å². The maximum atomic E-state index is 15.6. The molecule has 0 radical (unpaired) electrons. The number of morpholine rings is 1. The molecule has 0 saturated carbocycles. The van der Waals surface area contributed by atoms with Crippen LogP contribution < -0.4 is 15.0 Å². The van der Waals surface area contributed by atoms with Gasteiger partial charge in [-0.2, -0.15) is 0 Å². The van der Waals surface area contributed by atoms with Gasteiger partial charge in [0.25, 0.3) is 5.88 Å². The van der Waals surface area contributed by atoms with Crippen molar-refractivity contribution in [3.63, 3.8) is 0 Å². The van der Waals surface area contributed by atoms with Crippen molar-refractivity contribution in [2.24, 2.45) is 5.41 Å². The predicted molar refractivity (Wildman–Crippen MR) is 101 cm³/mol. The molecule has 2 aromatic rings. The van der Waals surface area contributed by atoms with Crippen molar-refractivity contribution in [2.45, 2.75) is 44.9 Å². The van der Waals surface area contributed by atoms with Gasteiger partial charge in [-0.1, -0.05) is 0 Å². The summed E-state index contributed by atoms with van der Waals surface area (Å²) in [6.07, 6.45) is -1.29. The molecule has 1 aromatic carbocycles. The molecule has 3 aliphatic rings. The van der Waals surface area contributed by atoms with Crippen molar-refractivity contribution in [3.05, 3.63) is 17.4 Å². The number of halogens is 1. The molecule has 4 atom stereocenters. The number of aromatic nitrogens is 1. The standard InChI is InChI=1S/C20H20FN3O6/c1-8-7-24-15-10(4-11-16(14(15)21)30-23-18(11)28-3)6-20(17(24)9(2)29-8)12(25)5-13(26)22-19(20)27/h4,8-9,17H,5-7H2,1-3H3,(H,22,26,27)/t8-,9+,17-,20?/m1/s1. The van der Waals surface area contributed by atoms with E-state index in [1.165, 1.54) is 7.11 Å². The minimum Gasteiger partial charge on any atom is -0.478 e. The van der Waals surface area contributed by atoms with Gasteiger partial charge in [0.15, 0.2) is 11.6 Å². The molecular formula is C20H20FN3O6. The predicted octanol–water partition coefficient (Wildman–Crippen LogP) is 1.12. The fraction of sp³-hybridized carbons (Fsp3) is 0.500. The first kappa shape index (κ1) is 19.0. The lowest BCUT2D eigenvalue weighted by atomic mass is 9.63. The van der Waals surface area contributed by atoms with Gasteiger partial charge in [-0.3, -0.25) is 19.7 Å². The van der Waals surface area contributed by atoms with E-state index in [2.05, 4.69) is 10.5 Å². The lowest BCUT2D eigenvalue weighted by Crippen LogP contribution is -2.72. The third kappa shape index (κ3) is 2.31. The molecule has 0 bridgehead atoms. The molecule has 5 rings (SSSR count). The zero-order valence-corrected chi connectivity index (χ0v) is 16.7. The molecular weight excluding hydrogens is 397 g/mol. The van der Waals surface area contributed by atoms with Gasteiger partial charge in [0.2, 0.25) is 17.4 Å². The Bertz CT molecular complexity index is 1090. The molecule has 3 aliphatic heterocycles. The van der Waals surface area contributed by atoms with Crippen molar-refractivity contribution in [1.29, 1.82) is 0 Å². The lowest BCUT2D eigenvalue weighted by Gasteiger charge is -2.55. The highest BCUT2D eigenvalue weighted by molar-refractivity contribution is 6.22. The zero-order chi connectivity index (χ0) is 21.4. The first-order valence-electron chi connectivity index (χ1n) is 9.72. The van der Waals surface area contributed by atoms with Crippen LogP contribution in [-0.2, 0) is 25.5 Å². The normalized spacial score (nSPS) is 31.0. The Morgan fingerprint density at radius 2 is 2.10 bits per heavy atom. The summed E-state index contributed by atoms with van der Waals surface area (Å²) in [5.41, 5.74) is -0.902. The van der Waals surface area contributed by atoms with Crippen molar-refractivity contribution < 1.29 is 32.8 Å². The van der Waals surface area contributed by atoms with Gasteiger partial charge in [-0.05, 0) is 37.1 Å². The maximum Gasteiger partial charge on any atom is 0.261 e. The summed E-state index contributed by atoms with van der Waals surface area (Å²) in [4.78, 5) is 39.9. The second-order valence-corrected chi connectivity index (χ2v) is 8.14. The number of ketones is 1. The Morgan fingerprint density at radius 1 is 1.33 bits per heavy atom. The number of rotatable bonds is 1. The van der Waals surface area contributed by atoms with Crippen molar-refractivity contribution in [3.8, 4) is 5.88 Å². The van der Waals surface area contributed by atoms with Gasteiger partial charge < -0.3 is 18.9 Å². The van der Waals surface area contributed by atoms with E-state index >= 15 is 4.39 Å². The molecule has 2 amide bonds. The number of nitrogens with zero attached hydrogens (tertiary/aromatic N) is 2. The molecule has 158 valence electrons. The fourth-order valence-electron chi connectivity index (χ4n) is 5.27. The van der Waals surface area contributed by atoms with Crippen molar-refractivity contribution in [1.82, 2.24) is 10.5 Å². The average molecular weight is 417 g/mol. The van der Waals surface area contributed by atoms with E-state index in [9.17, 15) is 14.4 Å². The molecule has 9 nitrogen and oxygen atoms in total. The fourth-order valence-corrected chi connectivity index (χ4v) is 5.27. The van der Waals surface area contributed by atoms with Crippen LogP contribution >= 0.6 is 0 Å². The van der Waals surface area contributed by atoms with Gasteiger partial charge >= 0.3 is 0 Å². The number of Topliss-reactive ketones (excluding diaryl/α,β-unsaturated/α-hetero) is 1. The molecule has 1 N–H and O–H groups in total. The van der Waals surface area contributed by atoms with Gasteiger partial charge in [0.05, 0.1) is 42.9 Å². The highest BCUT2D eigenvalue weighted by Crippen LogP contribution is 2.50. The molecule has 1 aromatic heterocycles. The third-order valence-electron chi connectivity index (χ3n) is 6.34. The number of hydrogen-bond donors (Lipinski definition) is 1. The molecule has 2 fully saturated rings. The van der Waals surface area contributed by atoms with Gasteiger partial charge in [0.1, 0.15) is 5.41 Å².